The van der Waals surface area contributed by atoms with Gasteiger partial charge in [0, 0.05) is 21.9 Å². The number of benzene rings is 1. The molecule has 0 radical (unpaired) electrons. The van der Waals surface area contributed by atoms with Crippen LogP contribution < -0.4 is 5.48 Å². The monoisotopic (exact) mass is 410 g/mol. The number of carboxylic acids is 1. The van der Waals surface area contributed by atoms with E-state index in [9.17, 15) is 9.59 Å². The zero-order valence-electron chi connectivity index (χ0n) is 15.5. The number of hydrogen-bond donors (Lipinski definition) is 2. The number of aliphatic carboxylic acids is 1. The molecule has 2 N–H and O–H groups in total. The second-order valence-electron chi connectivity index (χ2n) is 6.16. The normalized spacial score (nSPS) is 12.2. The molecule has 1 unspecified atom stereocenters. The molecule has 0 spiro atoms. The van der Waals surface area contributed by atoms with Gasteiger partial charge in [-0.15, -0.1) is 11.3 Å². The van der Waals surface area contributed by atoms with Crippen LogP contribution in [0, 0.1) is 0 Å². The largest absolute Gasteiger partial charge is 0.480 e. The molecule has 0 aliphatic carbocycles. The summed E-state index contributed by atoms with van der Waals surface area (Å²) in [7, 11) is 1.66. The number of anilines is 1. The van der Waals surface area contributed by atoms with E-state index in [1.54, 1.807) is 43.1 Å². The summed E-state index contributed by atoms with van der Waals surface area (Å²) in [6.07, 6.45) is 0.639. The number of hydrogen-bond acceptors (Lipinski definition) is 6. The molecule has 8 heteroatoms. The molecule has 1 heterocycles. The standard InChI is InChI=1S/C19H23ClN2O4S/c1-4-16-9-14(10-17(23)13-5-7-15(20)8-6-13)19(27-16)21-26-12(2)22(3)11-18(24)25/h5-9,12,21H,4,10-11H2,1-3H3,(H,24,25). The number of carboxylic acid groups (broad SMARTS) is 1. The first-order valence-electron chi connectivity index (χ1n) is 8.54. The van der Waals surface area contributed by atoms with Crippen molar-refractivity contribution in [3.8, 4) is 0 Å². The quantitative estimate of drug-likeness (QED) is 0.349. The van der Waals surface area contributed by atoms with Crippen molar-refractivity contribution in [1.82, 2.24) is 4.90 Å². The number of likely N-dealkylation sites (N-methyl/N-ethyl adjacent to an activating group) is 1. The molecule has 27 heavy (non-hydrogen) atoms. The Morgan fingerprint density at radius 3 is 2.59 bits per heavy atom. The van der Waals surface area contributed by atoms with E-state index < -0.39 is 12.2 Å². The summed E-state index contributed by atoms with van der Waals surface area (Å²) in [5.74, 6) is -0.933. The first-order chi connectivity index (χ1) is 12.8. The fraction of sp³-hybridized carbons (Fsp3) is 0.368. The van der Waals surface area contributed by atoms with Gasteiger partial charge in [0.2, 0.25) is 0 Å². The van der Waals surface area contributed by atoms with Crippen molar-refractivity contribution in [1.29, 1.82) is 0 Å². The lowest BCUT2D eigenvalue weighted by atomic mass is 10.0. The van der Waals surface area contributed by atoms with Crippen LogP contribution >= 0.6 is 22.9 Å². The molecule has 6 nitrogen and oxygen atoms in total. The number of Topliss-reactive ketones (excluding diaryl/α,β-unsaturated/α-hetero) is 1. The fourth-order valence-electron chi connectivity index (χ4n) is 2.36. The van der Waals surface area contributed by atoms with Crippen LogP contribution in [0.4, 0.5) is 5.00 Å². The van der Waals surface area contributed by atoms with Crippen LogP contribution in [0.3, 0.4) is 0 Å². The molecule has 0 amide bonds. The molecule has 0 aliphatic rings. The van der Waals surface area contributed by atoms with E-state index in [0.29, 0.717) is 10.6 Å². The van der Waals surface area contributed by atoms with Gasteiger partial charge in [-0.2, -0.15) is 0 Å². The highest BCUT2D eigenvalue weighted by Gasteiger charge is 2.17. The molecule has 0 saturated carbocycles. The first kappa shape index (κ1) is 21.4. The SMILES string of the molecule is CCc1cc(CC(=O)c2ccc(Cl)cc2)c(NOC(C)N(C)CC(=O)O)s1. The maximum absolute atomic E-state index is 12.6. The lowest BCUT2D eigenvalue weighted by Crippen LogP contribution is -2.36. The average molecular weight is 411 g/mol. The third-order valence-corrected chi connectivity index (χ3v) is 5.52. The maximum Gasteiger partial charge on any atom is 0.317 e. The van der Waals surface area contributed by atoms with Crippen molar-refractivity contribution in [3.63, 3.8) is 0 Å². The Morgan fingerprint density at radius 2 is 2.00 bits per heavy atom. The van der Waals surface area contributed by atoms with Crippen molar-refractivity contribution in [2.45, 2.75) is 32.9 Å². The van der Waals surface area contributed by atoms with Crippen molar-refractivity contribution in [2.24, 2.45) is 0 Å². The molecular formula is C19H23ClN2O4S. The Balaban J connectivity index is 2.06. The van der Waals surface area contributed by atoms with Gasteiger partial charge >= 0.3 is 5.97 Å². The zero-order chi connectivity index (χ0) is 20.0. The molecule has 1 aromatic heterocycles. The Bertz CT molecular complexity index is 792. The number of aryl methyl sites for hydroxylation is 1. The van der Waals surface area contributed by atoms with Crippen molar-refractivity contribution in [3.05, 3.63) is 51.4 Å². The number of ketones is 1. The Labute approximate surface area is 167 Å². The van der Waals surface area contributed by atoms with Gasteiger partial charge < -0.3 is 5.11 Å². The van der Waals surface area contributed by atoms with Crippen LogP contribution in [-0.4, -0.2) is 41.6 Å². The number of rotatable bonds is 10. The van der Waals surface area contributed by atoms with Crippen molar-refractivity contribution in [2.75, 3.05) is 19.1 Å². The van der Waals surface area contributed by atoms with Gasteiger partial charge in [-0.1, -0.05) is 18.5 Å². The van der Waals surface area contributed by atoms with E-state index in [1.807, 2.05) is 13.0 Å². The molecular weight excluding hydrogens is 388 g/mol. The molecule has 1 atom stereocenters. The van der Waals surface area contributed by atoms with E-state index in [4.69, 9.17) is 21.5 Å². The summed E-state index contributed by atoms with van der Waals surface area (Å²) in [5, 5.41) is 10.2. The number of nitrogens with zero attached hydrogens (tertiary/aromatic N) is 1. The molecule has 0 fully saturated rings. The smallest absolute Gasteiger partial charge is 0.317 e. The van der Waals surface area contributed by atoms with Crippen LogP contribution in [0.1, 0.15) is 34.6 Å². The topological polar surface area (TPSA) is 78.9 Å². The highest BCUT2D eigenvalue weighted by molar-refractivity contribution is 7.16. The van der Waals surface area contributed by atoms with Gasteiger partial charge in [0.1, 0.15) is 11.2 Å². The number of carbonyl (C=O) groups is 2. The lowest BCUT2D eigenvalue weighted by Gasteiger charge is -2.22. The van der Waals surface area contributed by atoms with E-state index in [2.05, 4.69) is 5.48 Å². The summed E-state index contributed by atoms with van der Waals surface area (Å²) >= 11 is 7.40. The highest BCUT2D eigenvalue weighted by Crippen LogP contribution is 2.30. The fourth-order valence-corrected chi connectivity index (χ4v) is 3.45. The summed E-state index contributed by atoms with van der Waals surface area (Å²) in [5.41, 5.74) is 4.35. The van der Waals surface area contributed by atoms with E-state index >= 15 is 0 Å². The van der Waals surface area contributed by atoms with Crippen LogP contribution in [0.2, 0.25) is 5.02 Å². The molecule has 2 aromatic rings. The van der Waals surface area contributed by atoms with Gasteiger partial charge in [-0.05, 0) is 56.3 Å². The van der Waals surface area contributed by atoms with Gasteiger partial charge in [0.05, 0.1) is 6.54 Å². The van der Waals surface area contributed by atoms with Crippen LogP contribution in [0.15, 0.2) is 30.3 Å². The summed E-state index contributed by atoms with van der Waals surface area (Å²) in [6.45, 7) is 3.67. The molecule has 0 saturated heterocycles. The predicted octanol–water partition coefficient (Wildman–Crippen LogP) is 4.10. The minimum atomic E-state index is -0.924. The van der Waals surface area contributed by atoms with Crippen LogP contribution in [0.5, 0.6) is 0 Å². The molecule has 1 aromatic carbocycles. The summed E-state index contributed by atoms with van der Waals surface area (Å²) in [6, 6.07) is 8.81. The van der Waals surface area contributed by atoms with Crippen molar-refractivity contribution < 1.29 is 19.5 Å². The summed E-state index contributed by atoms with van der Waals surface area (Å²) in [4.78, 5) is 31.6. The maximum atomic E-state index is 12.6. The van der Waals surface area contributed by atoms with E-state index in [0.717, 1.165) is 21.9 Å². The van der Waals surface area contributed by atoms with Crippen molar-refractivity contribution >= 4 is 39.7 Å². The number of carbonyl (C=O) groups excluding carboxylic acids is 1. The summed E-state index contributed by atoms with van der Waals surface area (Å²) < 4.78 is 0. The number of halogens is 1. The molecule has 2 rings (SSSR count). The predicted molar refractivity (Wildman–Crippen MR) is 108 cm³/mol. The Hall–Kier alpha value is -1.93. The minimum Gasteiger partial charge on any atom is -0.480 e. The third kappa shape index (κ3) is 6.32. The third-order valence-electron chi connectivity index (χ3n) is 4.05. The second kappa shape index (κ2) is 9.85. The lowest BCUT2D eigenvalue weighted by molar-refractivity contribution is -0.140. The average Bonchev–Trinajstić information content (AvgIpc) is 3.01. The zero-order valence-corrected chi connectivity index (χ0v) is 17.1. The number of nitrogens with one attached hydrogen (secondary N) is 1. The van der Waals surface area contributed by atoms with Gasteiger partial charge in [0.15, 0.2) is 5.78 Å². The second-order valence-corrected chi connectivity index (χ2v) is 7.73. The van der Waals surface area contributed by atoms with Gasteiger partial charge in [0.25, 0.3) is 0 Å². The first-order valence-corrected chi connectivity index (χ1v) is 9.73. The Kier molecular flexibility index (Phi) is 7.79. The van der Waals surface area contributed by atoms with Gasteiger partial charge in [-0.3, -0.25) is 24.8 Å². The molecule has 146 valence electrons. The highest BCUT2D eigenvalue weighted by atomic mass is 35.5. The van der Waals surface area contributed by atoms with Gasteiger partial charge in [-0.25, -0.2) is 0 Å². The minimum absolute atomic E-state index is 0.00814. The Morgan fingerprint density at radius 1 is 1.33 bits per heavy atom. The molecule has 0 aliphatic heterocycles. The molecule has 0 bridgehead atoms. The van der Waals surface area contributed by atoms with Crippen LogP contribution in [0.25, 0.3) is 0 Å². The number of thiophene rings is 1. The van der Waals surface area contributed by atoms with E-state index in [1.165, 1.54) is 11.3 Å². The van der Waals surface area contributed by atoms with E-state index in [-0.39, 0.29) is 18.7 Å². The van der Waals surface area contributed by atoms with Crippen LogP contribution in [-0.2, 0) is 22.5 Å².